The fourth-order valence-corrected chi connectivity index (χ4v) is 3.35. The third-order valence-corrected chi connectivity index (χ3v) is 4.90. The zero-order valence-electron chi connectivity index (χ0n) is 15.5. The minimum atomic E-state index is -0.236. The molecule has 1 heterocycles. The number of nitrogens with one attached hydrogen (secondary N) is 1. The minimum absolute atomic E-state index is 0.0412. The molecule has 1 aromatic carbocycles. The molecule has 142 valence electrons. The first-order valence-electron chi connectivity index (χ1n) is 9.68. The maximum atomic E-state index is 12.2. The van der Waals surface area contributed by atoms with Crippen molar-refractivity contribution in [2.24, 2.45) is 5.92 Å². The van der Waals surface area contributed by atoms with Crippen LogP contribution in [0.3, 0.4) is 0 Å². The molecule has 5 nitrogen and oxygen atoms in total. The summed E-state index contributed by atoms with van der Waals surface area (Å²) in [6.07, 6.45) is 8.14. The van der Waals surface area contributed by atoms with Gasteiger partial charge in [0, 0.05) is 24.6 Å². The Hall–Kier alpha value is -2.69. The van der Waals surface area contributed by atoms with Gasteiger partial charge in [0.25, 0.3) is 0 Å². The summed E-state index contributed by atoms with van der Waals surface area (Å²) in [7, 11) is 0. The van der Waals surface area contributed by atoms with Crippen LogP contribution in [-0.4, -0.2) is 23.3 Å². The van der Waals surface area contributed by atoms with Crippen LogP contribution in [0.15, 0.2) is 48.7 Å². The number of rotatable bonds is 8. The smallest absolute Gasteiger partial charge is 0.226 e. The standard InChI is InChI=1S/C22H26N2O3/c25-19(18-10-5-2-6-11-18)13-14-21(26)24-22-20(12-7-15-23-22)27-16-17-8-3-1-4-9-17/h2,5-7,10-12,15,17H,1,3-4,8-9,13-14,16H2,(H,23,24,26). The molecule has 0 spiro atoms. The molecule has 1 N–H and O–H groups in total. The van der Waals surface area contributed by atoms with Crippen molar-refractivity contribution in [3.63, 3.8) is 0 Å². The van der Waals surface area contributed by atoms with Gasteiger partial charge in [-0.2, -0.15) is 0 Å². The number of pyridine rings is 1. The van der Waals surface area contributed by atoms with E-state index in [2.05, 4.69) is 10.3 Å². The van der Waals surface area contributed by atoms with E-state index in [1.54, 1.807) is 24.4 Å². The minimum Gasteiger partial charge on any atom is -0.489 e. The predicted octanol–water partition coefficient (Wildman–Crippen LogP) is 4.64. The zero-order chi connectivity index (χ0) is 18.9. The molecule has 0 saturated heterocycles. The van der Waals surface area contributed by atoms with Crippen molar-refractivity contribution in [2.45, 2.75) is 44.9 Å². The topological polar surface area (TPSA) is 68.3 Å². The lowest BCUT2D eigenvalue weighted by molar-refractivity contribution is -0.116. The fourth-order valence-electron chi connectivity index (χ4n) is 3.35. The number of amides is 1. The molecule has 1 aliphatic carbocycles. The lowest BCUT2D eigenvalue weighted by Crippen LogP contribution is -2.18. The summed E-state index contributed by atoms with van der Waals surface area (Å²) < 4.78 is 5.93. The van der Waals surface area contributed by atoms with Crippen LogP contribution in [0.4, 0.5) is 5.82 Å². The normalized spacial score (nSPS) is 14.5. The fraction of sp³-hybridized carbons (Fsp3) is 0.409. The lowest BCUT2D eigenvalue weighted by Gasteiger charge is -2.22. The SMILES string of the molecule is O=C(CCC(=O)c1ccccc1)Nc1ncccc1OCC1CCCCC1. The van der Waals surface area contributed by atoms with Gasteiger partial charge in [0.1, 0.15) is 0 Å². The third kappa shape index (κ3) is 5.91. The predicted molar refractivity (Wildman–Crippen MR) is 105 cm³/mol. The molecular formula is C22H26N2O3. The molecule has 1 amide bonds. The Morgan fingerprint density at radius 1 is 1.00 bits per heavy atom. The maximum Gasteiger partial charge on any atom is 0.226 e. The lowest BCUT2D eigenvalue weighted by atomic mass is 9.90. The van der Waals surface area contributed by atoms with E-state index in [1.807, 2.05) is 24.3 Å². The molecule has 5 heteroatoms. The Kier molecular flexibility index (Phi) is 6.97. The van der Waals surface area contributed by atoms with Crippen molar-refractivity contribution < 1.29 is 14.3 Å². The molecule has 0 unspecified atom stereocenters. The summed E-state index contributed by atoms with van der Waals surface area (Å²) in [6, 6.07) is 12.6. The molecule has 1 aromatic heterocycles. The van der Waals surface area contributed by atoms with Crippen molar-refractivity contribution in [3.05, 3.63) is 54.2 Å². The first-order valence-corrected chi connectivity index (χ1v) is 9.68. The summed E-state index contributed by atoms with van der Waals surface area (Å²) in [5.41, 5.74) is 0.625. The van der Waals surface area contributed by atoms with Gasteiger partial charge < -0.3 is 10.1 Å². The van der Waals surface area contributed by atoms with E-state index in [1.165, 1.54) is 32.1 Å². The van der Waals surface area contributed by atoms with Crippen LogP contribution in [0.25, 0.3) is 0 Å². The highest BCUT2D eigenvalue weighted by Gasteiger charge is 2.16. The summed E-state index contributed by atoms with van der Waals surface area (Å²) >= 11 is 0. The van der Waals surface area contributed by atoms with Crippen LogP contribution < -0.4 is 10.1 Å². The van der Waals surface area contributed by atoms with E-state index in [0.29, 0.717) is 29.7 Å². The van der Waals surface area contributed by atoms with Gasteiger partial charge in [0.2, 0.25) is 5.91 Å². The van der Waals surface area contributed by atoms with Crippen LogP contribution in [0.2, 0.25) is 0 Å². The molecular weight excluding hydrogens is 340 g/mol. The summed E-state index contributed by atoms with van der Waals surface area (Å²) in [5.74, 6) is 1.31. The Labute approximate surface area is 160 Å². The van der Waals surface area contributed by atoms with Crippen molar-refractivity contribution >= 4 is 17.5 Å². The number of aromatic nitrogens is 1. The summed E-state index contributed by atoms with van der Waals surface area (Å²) in [4.78, 5) is 28.6. The van der Waals surface area contributed by atoms with Crippen molar-refractivity contribution in [1.82, 2.24) is 4.98 Å². The van der Waals surface area contributed by atoms with E-state index in [0.717, 1.165) is 0 Å². The second-order valence-electron chi connectivity index (χ2n) is 7.00. The average molecular weight is 366 g/mol. The Morgan fingerprint density at radius 2 is 1.78 bits per heavy atom. The van der Waals surface area contributed by atoms with Crippen LogP contribution in [0.5, 0.6) is 5.75 Å². The Bertz CT molecular complexity index is 755. The van der Waals surface area contributed by atoms with Gasteiger partial charge in [-0.25, -0.2) is 4.98 Å². The number of ketones is 1. The number of carbonyl (C=O) groups is 2. The molecule has 0 atom stereocenters. The van der Waals surface area contributed by atoms with Crippen LogP contribution in [0, 0.1) is 5.92 Å². The molecule has 0 aliphatic heterocycles. The first kappa shape index (κ1) is 19.1. The van der Waals surface area contributed by atoms with E-state index in [9.17, 15) is 9.59 Å². The summed E-state index contributed by atoms with van der Waals surface area (Å²) in [5, 5.41) is 2.78. The molecule has 3 rings (SSSR count). The molecule has 1 aliphatic rings. The van der Waals surface area contributed by atoms with Gasteiger partial charge in [0.15, 0.2) is 17.4 Å². The molecule has 0 bridgehead atoms. The van der Waals surface area contributed by atoms with E-state index >= 15 is 0 Å². The van der Waals surface area contributed by atoms with E-state index in [4.69, 9.17) is 4.74 Å². The van der Waals surface area contributed by atoms with Gasteiger partial charge in [-0.05, 0) is 30.9 Å². The number of Topliss-reactive ketones (excluding diaryl/α,β-unsaturated/α-hetero) is 1. The second kappa shape index (κ2) is 9.86. The number of nitrogens with zero attached hydrogens (tertiary/aromatic N) is 1. The van der Waals surface area contributed by atoms with Gasteiger partial charge >= 0.3 is 0 Å². The Morgan fingerprint density at radius 3 is 2.56 bits per heavy atom. The molecule has 0 radical (unpaired) electrons. The maximum absolute atomic E-state index is 12.2. The average Bonchev–Trinajstić information content (AvgIpc) is 2.73. The molecule has 1 saturated carbocycles. The number of hydrogen-bond donors (Lipinski definition) is 1. The number of benzene rings is 1. The highest BCUT2D eigenvalue weighted by molar-refractivity contribution is 6.00. The van der Waals surface area contributed by atoms with Gasteiger partial charge in [-0.3, -0.25) is 9.59 Å². The van der Waals surface area contributed by atoms with Gasteiger partial charge in [-0.1, -0.05) is 49.6 Å². The molecule has 27 heavy (non-hydrogen) atoms. The summed E-state index contributed by atoms with van der Waals surface area (Å²) in [6.45, 7) is 0.654. The van der Waals surface area contributed by atoms with Crippen molar-refractivity contribution in [3.8, 4) is 5.75 Å². The largest absolute Gasteiger partial charge is 0.489 e. The van der Waals surface area contributed by atoms with Crippen LogP contribution >= 0.6 is 0 Å². The number of anilines is 1. The zero-order valence-corrected chi connectivity index (χ0v) is 15.5. The van der Waals surface area contributed by atoms with Crippen LogP contribution in [0.1, 0.15) is 55.3 Å². The van der Waals surface area contributed by atoms with Gasteiger partial charge in [0.05, 0.1) is 6.61 Å². The van der Waals surface area contributed by atoms with Crippen molar-refractivity contribution in [1.29, 1.82) is 0 Å². The number of ether oxygens (including phenoxy) is 1. The monoisotopic (exact) mass is 366 g/mol. The molecule has 1 fully saturated rings. The highest BCUT2D eigenvalue weighted by Crippen LogP contribution is 2.27. The highest BCUT2D eigenvalue weighted by atomic mass is 16.5. The Balaban J connectivity index is 1.50. The van der Waals surface area contributed by atoms with Gasteiger partial charge in [-0.15, -0.1) is 0 Å². The van der Waals surface area contributed by atoms with Crippen LogP contribution in [-0.2, 0) is 4.79 Å². The quantitative estimate of drug-likeness (QED) is 0.691. The van der Waals surface area contributed by atoms with Crippen molar-refractivity contribution in [2.75, 3.05) is 11.9 Å². The number of hydrogen-bond acceptors (Lipinski definition) is 4. The first-order chi connectivity index (χ1) is 13.2. The second-order valence-corrected chi connectivity index (χ2v) is 7.00. The van der Waals surface area contributed by atoms with E-state index in [-0.39, 0.29) is 24.5 Å². The third-order valence-electron chi connectivity index (χ3n) is 4.90. The van der Waals surface area contributed by atoms with E-state index < -0.39 is 0 Å². The molecule has 2 aromatic rings. The number of carbonyl (C=O) groups excluding carboxylic acids is 2.